The number of fused-ring (bicyclic) bond motifs is 1. The smallest absolute Gasteiger partial charge is 0.410 e. The molecule has 1 spiro atoms. The number of amides is 1. The van der Waals surface area contributed by atoms with Gasteiger partial charge in [-0.2, -0.15) is 0 Å². The van der Waals surface area contributed by atoms with Crippen LogP contribution in [0.5, 0.6) is 5.75 Å². The molecule has 51 heavy (non-hydrogen) atoms. The summed E-state index contributed by atoms with van der Waals surface area (Å²) in [7, 11) is 0. The van der Waals surface area contributed by atoms with Gasteiger partial charge in [-0.1, -0.05) is 77.6 Å². The number of nitrogens with two attached hydrogens (primary N) is 1. The number of ketones is 1. The molecule has 0 bridgehead atoms. The molecule has 0 aromatic heterocycles. The standard InChI is InChI=1S/C42H54N2O7/c1-27-11-5-6-24-50-26-31(16-8-14-28(2)13-7-12-27)33-20-22-42(38(33)47)35(18-10-23-45)32(19-21-41(42,4)49)29(3)36(46)25-30-15-9-17-34-37(30)51-40(48)44-39(34)43/h8-9,12,14-17,33,35,38-39,45,47,49H,2,7,10-11,13,18-26,43H2,1,3-4H3,(H,44,48). The van der Waals surface area contributed by atoms with Crippen molar-refractivity contribution in [3.63, 3.8) is 0 Å². The number of carbonyl (C=O) groups excluding carboxylic acids is 2. The fraction of sp³-hybridized carbons (Fsp3) is 0.524. The van der Waals surface area contributed by atoms with Crippen LogP contribution in [0.15, 0.2) is 76.9 Å². The number of aliphatic hydroxyl groups is 3. The third kappa shape index (κ3) is 8.32. The molecular weight excluding hydrogens is 644 g/mol. The van der Waals surface area contributed by atoms with E-state index in [1.807, 2.05) is 32.1 Å². The van der Waals surface area contributed by atoms with Crippen LogP contribution in [-0.2, 0) is 16.0 Å². The highest BCUT2D eigenvalue weighted by molar-refractivity contribution is 5.97. The molecule has 1 aromatic carbocycles. The van der Waals surface area contributed by atoms with E-state index >= 15 is 0 Å². The van der Waals surface area contributed by atoms with E-state index in [-0.39, 0.29) is 43.9 Å². The second-order valence-corrected chi connectivity index (χ2v) is 14.8. The van der Waals surface area contributed by atoms with Crippen molar-refractivity contribution in [2.75, 3.05) is 19.8 Å². The van der Waals surface area contributed by atoms with E-state index in [0.29, 0.717) is 67.4 Å². The fourth-order valence-electron chi connectivity index (χ4n) is 8.71. The monoisotopic (exact) mass is 698 g/mol. The summed E-state index contributed by atoms with van der Waals surface area (Å²) in [6.07, 6.45) is 11.3. The summed E-state index contributed by atoms with van der Waals surface area (Å²) in [6.45, 7) is 10.4. The average Bonchev–Trinajstić information content (AvgIpc) is 3.43. The molecule has 9 heteroatoms. The zero-order valence-electron chi connectivity index (χ0n) is 30.3. The molecule has 1 amide bonds. The van der Waals surface area contributed by atoms with Crippen molar-refractivity contribution in [2.24, 2.45) is 23.0 Å². The van der Waals surface area contributed by atoms with Crippen LogP contribution in [0, 0.1) is 29.1 Å². The van der Waals surface area contributed by atoms with Crippen LogP contribution in [0.4, 0.5) is 4.79 Å². The van der Waals surface area contributed by atoms with Crippen molar-refractivity contribution in [1.82, 2.24) is 5.32 Å². The molecule has 1 aromatic rings. The SMILES string of the molecule is C=C1C=CC=C(C2CCC3(C(CCCO)C(=C(C)C(=O)Cc4cccc5c4OC(=O)NC5N)CCC3(C)O)C2O)COCC#CCC(C)=CCC1. The minimum atomic E-state index is -1.23. The van der Waals surface area contributed by atoms with Gasteiger partial charge in [0.15, 0.2) is 5.78 Å². The Balaban J connectivity index is 1.47. The van der Waals surface area contributed by atoms with Gasteiger partial charge in [0.05, 0.1) is 18.3 Å². The minimum Gasteiger partial charge on any atom is -0.410 e. The molecule has 9 nitrogen and oxygen atoms in total. The normalized spacial score (nSPS) is 31.2. The van der Waals surface area contributed by atoms with E-state index in [4.69, 9.17) is 15.2 Å². The Morgan fingerprint density at radius 1 is 1.22 bits per heavy atom. The van der Waals surface area contributed by atoms with Crippen LogP contribution in [0.3, 0.4) is 0 Å². The van der Waals surface area contributed by atoms with Crippen molar-refractivity contribution in [3.8, 4) is 17.6 Å². The predicted molar refractivity (Wildman–Crippen MR) is 197 cm³/mol. The quantitative estimate of drug-likeness (QED) is 0.131. The summed E-state index contributed by atoms with van der Waals surface area (Å²) >= 11 is 0. The average molecular weight is 699 g/mol. The van der Waals surface area contributed by atoms with Gasteiger partial charge in [-0.3, -0.25) is 4.79 Å². The van der Waals surface area contributed by atoms with Crippen LogP contribution >= 0.6 is 0 Å². The number of aliphatic hydroxyl groups excluding tert-OH is 2. The summed E-state index contributed by atoms with van der Waals surface area (Å²) in [6, 6.07) is 5.31. The predicted octanol–water partition coefficient (Wildman–Crippen LogP) is 6.05. The molecule has 0 radical (unpaired) electrons. The first-order chi connectivity index (χ1) is 24.4. The number of hydrogen-bond donors (Lipinski definition) is 5. The molecule has 6 atom stereocenters. The highest BCUT2D eigenvalue weighted by Gasteiger charge is 2.64. The number of carbonyl (C=O) groups is 2. The molecule has 2 aliphatic heterocycles. The van der Waals surface area contributed by atoms with Crippen molar-refractivity contribution in [2.45, 2.75) is 103 Å². The first-order valence-corrected chi connectivity index (χ1v) is 18.2. The highest BCUT2D eigenvalue weighted by atomic mass is 16.6. The number of Topliss-reactive ketones (excluding diaryl/α,β-unsaturated/α-hetero) is 1. The van der Waals surface area contributed by atoms with Gasteiger partial charge in [-0.15, -0.1) is 0 Å². The van der Waals surface area contributed by atoms with E-state index in [9.17, 15) is 24.9 Å². The molecule has 2 fully saturated rings. The lowest BCUT2D eigenvalue weighted by Crippen LogP contribution is -2.59. The molecule has 274 valence electrons. The maximum Gasteiger partial charge on any atom is 0.414 e. The highest BCUT2D eigenvalue weighted by Crippen LogP contribution is 2.63. The lowest BCUT2D eigenvalue weighted by atomic mass is 9.52. The van der Waals surface area contributed by atoms with Crippen molar-refractivity contribution in [1.29, 1.82) is 0 Å². The van der Waals surface area contributed by atoms with Gasteiger partial charge in [0.2, 0.25) is 0 Å². The molecule has 6 N–H and O–H groups in total. The molecule has 0 saturated heterocycles. The number of ether oxygens (including phenoxy) is 2. The Bertz CT molecular complexity index is 1690. The zero-order valence-corrected chi connectivity index (χ0v) is 30.3. The van der Waals surface area contributed by atoms with E-state index in [0.717, 1.165) is 29.6 Å². The molecule has 2 saturated carbocycles. The van der Waals surface area contributed by atoms with E-state index in [1.165, 1.54) is 5.57 Å². The third-order valence-electron chi connectivity index (χ3n) is 11.5. The van der Waals surface area contributed by atoms with Gasteiger partial charge >= 0.3 is 6.09 Å². The van der Waals surface area contributed by atoms with Crippen LogP contribution in [0.25, 0.3) is 0 Å². The lowest BCUT2D eigenvalue weighted by molar-refractivity contribution is -0.167. The largest absolute Gasteiger partial charge is 0.414 e. The number of para-hydroxylation sites is 1. The number of benzene rings is 1. The summed E-state index contributed by atoms with van der Waals surface area (Å²) in [5, 5.41) is 37.3. The fourth-order valence-corrected chi connectivity index (χ4v) is 8.71. The van der Waals surface area contributed by atoms with Crippen LogP contribution in [0.1, 0.15) is 95.9 Å². The van der Waals surface area contributed by atoms with E-state index in [1.54, 1.807) is 18.2 Å². The Morgan fingerprint density at radius 2 is 2.02 bits per heavy atom. The summed E-state index contributed by atoms with van der Waals surface area (Å²) < 4.78 is 11.5. The molecule has 2 aliphatic carbocycles. The molecule has 6 unspecified atom stereocenters. The first-order valence-electron chi connectivity index (χ1n) is 18.2. The maximum absolute atomic E-state index is 14.1. The summed E-state index contributed by atoms with van der Waals surface area (Å²) in [4.78, 5) is 26.2. The van der Waals surface area contributed by atoms with Crippen molar-refractivity contribution in [3.05, 3.63) is 88.1 Å². The Labute approximate surface area is 302 Å². The maximum atomic E-state index is 14.1. The number of nitrogens with one attached hydrogen (secondary N) is 1. The molecular formula is C42H54N2O7. The number of rotatable bonds is 7. The summed E-state index contributed by atoms with van der Waals surface area (Å²) in [5.41, 5.74) is 9.72. The summed E-state index contributed by atoms with van der Waals surface area (Å²) in [5.74, 6) is 5.82. The second-order valence-electron chi connectivity index (χ2n) is 14.8. The van der Waals surface area contributed by atoms with Crippen molar-refractivity contribution < 1.29 is 34.4 Å². The number of allylic oxidation sites excluding steroid dienone is 8. The minimum absolute atomic E-state index is 0.000172. The number of hydrogen-bond acceptors (Lipinski definition) is 8. The molecule has 5 rings (SSSR count). The van der Waals surface area contributed by atoms with Gasteiger partial charge in [0, 0.05) is 41.9 Å². The Hall–Kier alpha value is -3.78. The van der Waals surface area contributed by atoms with Gasteiger partial charge in [0.1, 0.15) is 18.5 Å². The van der Waals surface area contributed by atoms with Gasteiger partial charge in [-0.05, 0) is 89.2 Å². The van der Waals surface area contributed by atoms with E-state index in [2.05, 4.69) is 36.7 Å². The first kappa shape index (κ1) is 38.5. The van der Waals surface area contributed by atoms with E-state index < -0.39 is 29.4 Å². The van der Waals surface area contributed by atoms with Gasteiger partial charge in [0.25, 0.3) is 0 Å². The van der Waals surface area contributed by atoms with Crippen LogP contribution in [0.2, 0.25) is 0 Å². The zero-order chi connectivity index (χ0) is 36.8. The van der Waals surface area contributed by atoms with Crippen LogP contribution < -0.4 is 15.8 Å². The topological polar surface area (TPSA) is 151 Å². The lowest BCUT2D eigenvalue weighted by Gasteiger charge is -2.55. The van der Waals surface area contributed by atoms with Crippen molar-refractivity contribution >= 4 is 11.9 Å². The Kier molecular flexibility index (Phi) is 12.6. The molecule has 4 aliphatic rings. The molecule has 2 heterocycles. The second kappa shape index (κ2) is 16.7. The Morgan fingerprint density at radius 3 is 2.80 bits per heavy atom. The third-order valence-corrected chi connectivity index (χ3v) is 11.5. The van der Waals surface area contributed by atoms with Gasteiger partial charge in [-0.25, -0.2) is 4.79 Å². The van der Waals surface area contributed by atoms with Crippen LogP contribution in [-0.4, -0.2) is 58.7 Å². The van der Waals surface area contributed by atoms with Gasteiger partial charge < -0.3 is 35.8 Å².